The Bertz CT molecular complexity index is 129. The average Bonchev–Trinajstić information content (AvgIpc) is 2.09. The van der Waals surface area contributed by atoms with Gasteiger partial charge in [-0.15, -0.1) is 0 Å². The Morgan fingerprint density at radius 3 is 2.43 bits per heavy atom. The minimum Gasteiger partial charge on any atom is -0.382 e. The molecule has 1 unspecified atom stereocenters. The topological polar surface area (TPSA) is 21.3 Å². The molecule has 0 saturated heterocycles. The van der Waals surface area contributed by atoms with E-state index in [0.717, 1.165) is 38.6 Å². The van der Waals surface area contributed by atoms with Crippen molar-refractivity contribution in [2.45, 2.75) is 41.0 Å². The fourth-order valence-electron chi connectivity index (χ4n) is 1.07. The molecule has 0 spiro atoms. The maximum Gasteiger partial charge on any atom is 0.0477 e. The maximum atomic E-state index is 5.27. The van der Waals surface area contributed by atoms with Gasteiger partial charge in [-0.3, -0.25) is 0 Å². The maximum absolute atomic E-state index is 5.27. The zero-order valence-corrected chi connectivity index (χ0v) is 10.5. The van der Waals surface area contributed by atoms with Gasteiger partial charge in [0, 0.05) is 13.2 Å². The standard InChI is InChI=1S/C12H27NO/c1-6-14-9-7-8-13-10-11(2)12(3,4)5/h11,13H,6-10H2,1-5H3. The van der Waals surface area contributed by atoms with Crippen LogP contribution in [-0.4, -0.2) is 26.3 Å². The summed E-state index contributed by atoms with van der Waals surface area (Å²) in [4.78, 5) is 0. The van der Waals surface area contributed by atoms with Crippen molar-refractivity contribution >= 4 is 0 Å². The summed E-state index contributed by atoms with van der Waals surface area (Å²) >= 11 is 0. The van der Waals surface area contributed by atoms with Gasteiger partial charge in [-0.1, -0.05) is 27.7 Å². The second kappa shape index (κ2) is 7.24. The summed E-state index contributed by atoms with van der Waals surface area (Å²) in [5.41, 5.74) is 0.410. The third kappa shape index (κ3) is 7.34. The molecule has 1 atom stereocenters. The van der Waals surface area contributed by atoms with Gasteiger partial charge < -0.3 is 10.1 Å². The van der Waals surface area contributed by atoms with Crippen molar-refractivity contribution in [3.05, 3.63) is 0 Å². The van der Waals surface area contributed by atoms with Crippen molar-refractivity contribution in [3.63, 3.8) is 0 Å². The lowest BCUT2D eigenvalue weighted by atomic mass is 9.82. The Labute approximate surface area is 89.4 Å². The van der Waals surface area contributed by atoms with E-state index in [9.17, 15) is 0 Å². The van der Waals surface area contributed by atoms with E-state index in [0.29, 0.717) is 5.41 Å². The highest BCUT2D eigenvalue weighted by Gasteiger charge is 2.18. The Balaban J connectivity index is 3.28. The van der Waals surface area contributed by atoms with E-state index >= 15 is 0 Å². The molecule has 1 N–H and O–H groups in total. The first-order valence-corrected chi connectivity index (χ1v) is 5.77. The highest BCUT2D eigenvalue weighted by atomic mass is 16.5. The zero-order valence-electron chi connectivity index (χ0n) is 10.5. The molecule has 0 amide bonds. The number of nitrogens with one attached hydrogen (secondary N) is 1. The third-order valence-corrected chi connectivity index (χ3v) is 2.78. The second-order valence-electron chi connectivity index (χ2n) is 5.02. The highest BCUT2D eigenvalue weighted by Crippen LogP contribution is 2.24. The van der Waals surface area contributed by atoms with Crippen LogP contribution in [0.25, 0.3) is 0 Å². The van der Waals surface area contributed by atoms with Gasteiger partial charge in [-0.05, 0) is 37.8 Å². The molecule has 86 valence electrons. The second-order valence-corrected chi connectivity index (χ2v) is 5.02. The van der Waals surface area contributed by atoms with Crippen LogP contribution in [0.3, 0.4) is 0 Å². The van der Waals surface area contributed by atoms with Crippen LogP contribution in [-0.2, 0) is 4.74 Å². The molecule has 0 bridgehead atoms. The Morgan fingerprint density at radius 2 is 1.93 bits per heavy atom. The molecule has 2 nitrogen and oxygen atoms in total. The number of hydrogen-bond acceptors (Lipinski definition) is 2. The minimum atomic E-state index is 0.410. The quantitative estimate of drug-likeness (QED) is 0.639. The van der Waals surface area contributed by atoms with Crippen molar-refractivity contribution in [2.75, 3.05) is 26.3 Å². The first-order valence-electron chi connectivity index (χ1n) is 5.77. The molecule has 0 aliphatic rings. The van der Waals surface area contributed by atoms with Crippen LogP contribution < -0.4 is 5.32 Å². The van der Waals surface area contributed by atoms with Crippen LogP contribution in [0.4, 0.5) is 0 Å². The van der Waals surface area contributed by atoms with E-state index in [1.807, 2.05) is 6.92 Å². The van der Waals surface area contributed by atoms with Crippen LogP contribution >= 0.6 is 0 Å². The predicted molar refractivity (Wildman–Crippen MR) is 62.6 cm³/mol. The molecular weight excluding hydrogens is 174 g/mol. The molecule has 0 rings (SSSR count). The molecule has 2 heteroatoms. The van der Waals surface area contributed by atoms with Crippen LogP contribution in [0.2, 0.25) is 0 Å². The summed E-state index contributed by atoms with van der Waals surface area (Å²) in [5, 5.41) is 3.47. The summed E-state index contributed by atoms with van der Waals surface area (Å²) in [6, 6.07) is 0. The van der Waals surface area contributed by atoms with Crippen molar-refractivity contribution in [3.8, 4) is 0 Å². The lowest BCUT2D eigenvalue weighted by Crippen LogP contribution is -2.30. The molecule has 0 radical (unpaired) electrons. The van der Waals surface area contributed by atoms with Gasteiger partial charge in [0.15, 0.2) is 0 Å². The summed E-state index contributed by atoms with van der Waals surface area (Å²) in [6.07, 6.45) is 1.12. The Kier molecular flexibility index (Phi) is 7.20. The fourth-order valence-corrected chi connectivity index (χ4v) is 1.07. The van der Waals surface area contributed by atoms with E-state index < -0.39 is 0 Å². The van der Waals surface area contributed by atoms with Gasteiger partial charge in [-0.2, -0.15) is 0 Å². The van der Waals surface area contributed by atoms with Crippen LogP contribution in [0.1, 0.15) is 41.0 Å². The number of rotatable bonds is 7. The zero-order chi connectivity index (χ0) is 11.0. The number of hydrogen-bond donors (Lipinski definition) is 1. The highest BCUT2D eigenvalue weighted by molar-refractivity contribution is 4.71. The summed E-state index contributed by atoms with van der Waals surface area (Å²) < 4.78 is 5.27. The average molecular weight is 201 g/mol. The van der Waals surface area contributed by atoms with Crippen molar-refractivity contribution in [1.82, 2.24) is 5.32 Å². The van der Waals surface area contributed by atoms with Gasteiger partial charge in [0.05, 0.1) is 0 Å². The van der Waals surface area contributed by atoms with E-state index in [1.165, 1.54) is 0 Å². The third-order valence-electron chi connectivity index (χ3n) is 2.78. The molecular formula is C12H27NO. The van der Waals surface area contributed by atoms with Gasteiger partial charge in [0.25, 0.3) is 0 Å². The van der Waals surface area contributed by atoms with Crippen molar-refractivity contribution in [1.29, 1.82) is 0 Å². The fraction of sp³-hybridized carbons (Fsp3) is 1.00. The Morgan fingerprint density at radius 1 is 1.29 bits per heavy atom. The minimum absolute atomic E-state index is 0.410. The van der Waals surface area contributed by atoms with Crippen molar-refractivity contribution < 1.29 is 4.74 Å². The molecule has 0 aromatic heterocycles. The molecule has 0 aliphatic heterocycles. The van der Waals surface area contributed by atoms with Gasteiger partial charge >= 0.3 is 0 Å². The predicted octanol–water partition coefficient (Wildman–Crippen LogP) is 2.68. The SMILES string of the molecule is CCOCCCNCC(C)C(C)(C)C. The van der Waals surface area contributed by atoms with Crippen LogP contribution in [0.5, 0.6) is 0 Å². The molecule has 0 aliphatic carbocycles. The smallest absolute Gasteiger partial charge is 0.0477 e. The van der Waals surface area contributed by atoms with Gasteiger partial charge in [-0.25, -0.2) is 0 Å². The summed E-state index contributed by atoms with van der Waals surface area (Å²) in [6.45, 7) is 15.1. The summed E-state index contributed by atoms with van der Waals surface area (Å²) in [7, 11) is 0. The lowest BCUT2D eigenvalue weighted by molar-refractivity contribution is 0.143. The molecule has 0 heterocycles. The van der Waals surface area contributed by atoms with Gasteiger partial charge in [0.2, 0.25) is 0 Å². The molecule has 0 aromatic rings. The van der Waals surface area contributed by atoms with Crippen LogP contribution in [0.15, 0.2) is 0 Å². The first-order chi connectivity index (χ1) is 6.48. The van der Waals surface area contributed by atoms with Crippen LogP contribution in [0, 0.1) is 11.3 Å². The largest absolute Gasteiger partial charge is 0.382 e. The molecule has 0 aromatic carbocycles. The molecule has 0 fully saturated rings. The lowest BCUT2D eigenvalue weighted by Gasteiger charge is -2.27. The number of ether oxygens (including phenoxy) is 1. The van der Waals surface area contributed by atoms with Crippen molar-refractivity contribution in [2.24, 2.45) is 11.3 Å². The monoisotopic (exact) mass is 201 g/mol. The first kappa shape index (κ1) is 13.9. The van der Waals surface area contributed by atoms with E-state index in [2.05, 4.69) is 33.0 Å². The van der Waals surface area contributed by atoms with E-state index in [-0.39, 0.29) is 0 Å². The summed E-state index contributed by atoms with van der Waals surface area (Å²) in [5.74, 6) is 0.717. The van der Waals surface area contributed by atoms with Gasteiger partial charge in [0.1, 0.15) is 0 Å². The normalized spacial score (nSPS) is 14.4. The molecule has 14 heavy (non-hydrogen) atoms. The Hall–Kier alpha value is -0.0800. The van der Waals surface area contributed by atoms with E-state index in [1.54, 1.807) is 0 Å². The van der Waals surface area contributed by atoms with E-state index in [4.69, 9.17) is 4.74 Å². The molecule has 0 saturated carbocycles.